The van der Waals surface area contributed by atoms with Gasteiger partial charge in [-0.25, -0.2) is 14.4 Å². The zero-order chi connectivity index (χ0) is 54.4. The molecular formula is C65H66N4O9. The first-order valence-electron chi connectivity index (χ1n) is 26.9. The molecule has 0 aromatic heterocycles. The number of carbonyl (C=O) groups is 3. The normalized spacial score (nSPS) is 11.0. The van der Waals surface area contributed by atoms with Crippen LogP contribution in [0.3, 0.4) is 0 Å². The van der Waals surface area contributed by atoms with Crippen molar-refractivity contribution in [3.8, 4) is 40.6 Å². The predicted octanol–water partition coefficient (Wildman–Crippen LogP) is 16.7. The summed E-state index contributed by atoms with van der Waals surface area (Å²) >= 11 is 0. The molecule has 0 bridgehead atoms. The number of hydrogen-bond acceptors (Lipinski definition) is 13. The number of hydrogen-bond donors (Lipinski definition) is 0. The maximum absolute atomic E-state index is 12.9. The first kappa shape index (κ1) is 56.8. The Morgan fingerprint density at radius 2 is 0.782 bits per heavy atom. The van der Waals surface area contributed by atoms with Crippen molar-refractivity contribution < 1.29 is 42.8 Å². The summed E-state index contributed by atoms with van der Waals surface area (Å²) in [6.07, 6.45) is 18.2. The molecule has 0 aliphatic rings. The molecule has 0 unspecified atom stereocenters. The monoisotopic (exact) mass is 1050 g/mol. The van der Waals surface area contributed by atoms with E-state index in [1.165, 1.54) is 57.8 Å². The van der Waals surface area contributed by atoms with Crippen molar-refractivity contribution in [2.24, 2.45) is 15.2 Å². The third-order valence-corrected chi connectivity index (χ3v) is 12.4. The fourth-order valence-electron chi connectivity index (χ4n) is 7.98. The van der Waals surface area contributed by atoms with Gasteiger partial charge in [0.1, 0.15) is 34.5 Å². The van der Waals surface area contributed by atoms with Gasteiger partial charge in [-0.1, -0.05) is 70.8 Å². The largest absolute Gasteiger partial charge is 0.494 e. The second-order valence-electron chi connectivity index (χ2n) is 18.6. The molecule has 7 aromatic rings. The molecule has 0 amide bonds. The molecular weight excluding hydrogens is 981 g/mol. The van der Waals surface area contributed by atoms with E-state index in [-0.39, 0.29) is 0 Å². The highest BCUT2D eigenvalue weighted by Crippen LogP contribution is 2.25. The van der Waals surface area contributed by atoms with Crippen LogP contribution in [-0.2, 0) is 0 Å². The number of benzene rings is 7. The topological polar surface area (TPSA) is 167 Å². The number of aliphatic imine (C=N–C) groups is 1. The highest BCUT2D eigenvalue weighted by molar-refractivity contribution is 5.93. The molecule has 7 rings (SSSR count). The summed E-state index contributed by atoms with van der Waals surface area (Å²) in [4.78, 5) is 43.1. The molecule has 0 fully saturated rings. The van der Waals surface area contributed by atoms with Crippen LogP contribution < -0.4 is 28.4 Å². The number of azo groups is 1. The summed E-state index contributed by atoms with van der Waals surface area (Å²) in [6, 6.07) is 50.2. The maximum Gasteiger partial charge on any atom is 0.343 e. The van der Waals surface area contributed by atoms with E-state index in [0.29, 0.717) is 87.9 Å². The quantitative estimate of drug-likeness (QED) is 0.0134. The Hall–Kier alpha value is -8.89. The summed E-state index contributed by atoms with van der Waals surface area (Å²) in [5, 5.41) is 17.3. The molecule has 0 saturated carbocycles. The molecule has 0 saturated heterocycles. The second kappa shape index (κ2) is 31.9. The number of unbranched alkanes of at least 4 members (excludes halogenated alkanes) is 12. The van der Waals surface area contributed by atoms with Gasteiger partial charge in [-0.3, -0.25) is 4.99 Å². The molecule has 13 nitrogen and oxygen atoms in total. The number of rotatable bonds is 31. The summed E-state index contributed by atoms with van der Waals surface area (Å²) in [6.45, 7) is 4.05. The molecule has 0 heterocycles. The fraction of sp³-hybridized carbons (Fsp3) is 0.277. The van der Waals surface area contributed by atoms with Crippen LogP contribution in [0.2, 0.25) is 0 Å². The van der Waals surface area contributed by atoms with Crippen molar-refractivity contribution in [1.82, 2.24) is 0 Å². The molecule has 0 aliphatic heterocycles. The van der Waals surface area contributed by atoms with E-state index < -0.39 is 17.9 Å². The van der Waals surface area contributed by atoms with Gasteiger partial charge in [0.15, 0.2) is 0 Å². The van der Waals surface area contributed by atoms with E-state index in [1.54, 1.807) is 164 Å². The van der Waals surface area contributed by atoms with E-state index in [1.807, 2.05) is 12.1 Å². The van der Waals surface area contributed by atoms with Gasteiger partial charge in [0.25, 0.3) is 0 Å². The highest BCUT2D eigenvalue weighted by atomic mass is 16.5. The van der Waals surface area contributed by atoms with Crippen molar-refractivity contribution in [1.29, 1.82) is 5.26 Å². The van der Waals surface area contributed by atoms with Gasteiger partial charge < -0.3 is 28.4 Å². The van der Waals surface area contributed by atoms with Crippen LogP contribution in [-0.4, -0.2) is 43.9 Å². The molecule has 0 aliphatic carbocycles. The lowest BCUT2D eigenvalue weighted by molar-refractivity contribution is 0.0725. The first-order chi connectivity index (χ1) is 38.3. The zero-order valence-electron chi connectivity index (χ0n) is 44.2. The van der Waals surface area contributed by atoms with E-state index in [4.69, 9.17) is 33.7 Å². The van der Waals surface area contributed by atoms with Crippen molar-refractivity contribution in [2.45, 2.75) is 96.8 Å². The van der Waals surface area contributed by atoms with Crippen LogP contribution >= 0.6 is 0 Å². The molecule has 7 aromatic carbocycles. The minimum absolute atomic E-state index is 0.326. The summed E-state index contributed by atoms with van der Waals surface area (Å²) in [5.74, 6) is 1.84. The van der Waals surface area contributed by atoms with E-state index in [9.17, 15) is 14.4 Å². The Balaban J connectivity index is 0.719. The van der Waals surface area contributed by atoms with Gasteiger partial charge in [-0.2, -0.15) is 15.5 Å². The third kappa shape index (κ3) is 20.0. The zero-order valence-corrected chi connectivity index (χ0v) is 44.2. The van der Waals surface area contributed by atoms with Crippen LogP contribution in [0.15, 0.2) is 185 Å². The van der Waals surface area contributed by atoms with Crippen LogP contribution in [0.25, 0.3) is 0 Å². The smallest absolute Gasteiger partial charge is 0.343 e. The SMILES string of the molecule is CCCCCCCCCCCCOc1ccc(C(=O)Oc2ccc(OCCCCCCOc3ccc(C(=O)Oc4ccc(C=Nc5cccc(C(=O)Oc6ccc(N=Nc7ccc(C#N)cc7)cc6)c5)cc4)cc3)cc2)cc1. The first-order valence-corrected chi connectivity index (χ1v) is 26.9. The van der Waals surface area contributed by atoms with Crippen LogP contribution in [0, 0.1) is 11.3 Å². The van der Waals surface area contributed by atoms with Crippen molar-refractivity contribution in [3.05, 3.63) is 198 Å². The summed E-state index contributed by atoms with van der Waals surface area (Å²) < 4.78 is 34.5. The lowest BCUT2D eigenvalue weighted by Gasteiger charge is -2.09. The van der Waals surface area contributed by atoms with Gasteiger partial charge in [0.2, 0.25) is 0 Å². The summed E-state index contributed by atoms with van der Waals surface area (Å²) in [5.41, 5.74) is 4.21. The van der Waals surface area contributed by atoms with Crippen LogP contribution in [0.1, 0.15) is 139 Å². The molecule has 0 N–H and O–H groups in total. The number of esters is 3. The van der Waals surface area contributed by atoms with E-state index in [0.717, 1.165) is 43.4 Å². The summed E-state index contributed by atoms with van der Waals surface area (Å²) in [7, 11) is 0. The van der Waals surface area contributed by atoms with Gasteiger partial charge in [0.05, 0.1) is 65.2 Å². The Bertz CT molecular complexity index is 3040. The Morgan fingerprint density at radius 3 is 1.23 bits per heavy atom. The molecule has 400 valence electrons. The van der Waals surface area contributed by atoms with Crippen molar-refractivity contribution >= 4 is 41.2 Å². The Morgan fingerprint density at radius 1 is 0.410 bits per heavy atom. The maximum atomic E-state index is 12.9. The highest BCUT2D eigenvalue weighted by Gasteiger charge is 2.13. The molecule has 0 spiro atoms. The Labute approximate surface area is 457 Å². The molecule has 78 heavy (non-hydrogen) atoms. The predicted molar refractivity (Wildman–Crippen MR) is 303 cm³/mol. The standard InChI is InChI=1S/C65H66N4O9/c1-2-3-4-5-6-7-8-9-10-13-43-73-57-35-25-52(26-36-57)64(71)77-62-41-39-59(40-42-62)75-45-15-12-11-14-44-74-58-33-23-51(24-34-58)63(70)76-60-31-21-50(22-32-60)48-67-56-18-16-17-53(46-56)65(72)78-61-37-29-55(30-38-61)69-68-54-27-19-49(47-66)20-28-54/h16-42,46,48H,2-15,43-45H2,1H3. The minimum Gasteiger partial charge on any atom is -0.494 e. The fourth-order valence-corrected chi connectivity index (χ4v) is 7.98. The van der Waals surface area contributed by atoms with Gasteiger partial charge >= 0.3 is 17.9 Å². The van der Waals surface area contributed by atoms with Crippen molar-refractivity contribution in [3.63, 3.8) is 0 Å². The van der Waals surface area contributed by atoms with Gasteiger partial charge in [-0.05, 0) is 201 Å². The molecule has 13 heteroatoms. The second-order valence-corrected chi connectivity index (χ2v) is 18.6. The number of nitriles is 1. The number of ether oxygens (including phenoxy) is 6. The average Bonchev–Trinajstić information content (AvgIpc) is 3.49. The van der Waals surface area contributed by atoms with Crippen molar-refractivity contribution in [2.75, 3.05) is 19.8 Å². The number of carbonyl (C=O) groups excluding carboxylic acids is 3. The molecule has 0 atom stereocenters. The lowest BCUT2D eigenvalue weighted by atomic mass is 10.1. The number of nitrogens with zero attached hydrogens (tertiary/aromatic N) is 4. The Kier molecular flexibility index (Phi) is 23.2. The lowest BCUT2D eigenvalue weighted by Crippen LogP contribution is -2.08. The van der Waals surface area contributed by atoms with Gasteiger partial charge in [-0.15, -0.1) is 0 Å². The van der Waals surface area contributed by atoms with E-state index in [2.05, 4.69) is 28.2 Å². The minimum atomic E-state index is -0.542. The van der Waals surface area contributed by atoms with Crippen LogP contribution in [0.4, 0.5) is 17.1 Å². The van der Waals surface area contributed by atoms with Crippen LogP contribution in [0.5, 0.6) is 34.5 Å². The molecule has 0 radical (unpaired) electrons. The average molecular weight is 1050 g/mol. The third-order valence-electron chi connectivity index (χ3n) is 12.4. The van der Waals surface area contributed by atoms with Gasteiger partial charge in [0, 0.05) is 6.21 Å². The van der Waals surface area contributed by atoms with E-state index >= 15 is 0 Å².